The Morgan fingerprint density at radius 3 is 2.92 bits per heavy atom. The molecule has 1 saturated carbocycles. The highest BCUT2D eigenvalue weighted by molar-refractivity contribution is 9.10. The summed E-state index contributed by atoms with van der Waals surface area (Å²) in [5, 5.41) is 4.90. The lowest BCUT2D eigenvalue weighted by molar-refractivity contribution is 0.0952. The highest BCUT2D eigenvalue weighted by Crippen LogP contribution is 2.30. The first-order valence-electron chi connectivity index (χ1n) is 4.22. The van der Waals surface area contributed by atoms with E-state index in [4.69, 9.17) is 0 Å². The number of nitrogens with one attached hydrogen (secondary N) is 1. The van der Waals surface area contributed by atoms with Gasteiger partial charge in [0.2, 0.25) is 0 Å². The van der Waals surface area contributed by atoms with E-state index in [1.807, 2.05) is 11.4 Å². The van der Waals surface area contributed by atoms with Crippen molar-refractivity contribution < 1.29 is 4.79 Å². The molecule has 1 amide bonds. The molecule has 70 valence electrons. The van der Waals surface area contributed by atoms with Crippen LogP contribution in [0, 0.1) is 5.92 Å². The molecule has 2 rings (SSSR count). The topological polar surface area (TPSA) is 29.1 Å². The lowest BCUT2D eigenvalue weighted by Crippen LogP contribution is -2.25. The maximum atomic E-state index is 11.6. The number of hydrogen-bond donors (Lipinski definition) is 1. The standard InChI is InChI=1S/C9H10BrNOS/c1-5-4-7(5)11-9(12)8-6(10)2-3-13-8/h2-3,5,7H,4H2,1H3,(H,11,12). The summed E-state index contributed by atoms with van der Waals surface area (Å²) in [6, 6.07) is 2.30. The fourth-order valence-electron chi connectivity index (χ4n) is 1.21. The van der Waals surface area contributed by atoms with Gasteiger partial charge in [0, 0.05) is 10.5 Å². The Hall–Kier alpha value is -0.350. The smallest absolute Gasteiger partial charge is 0.262 e. The minimum atomic E-state index is 0.0521. The molecule has 1 N–H and O–H groups in total. The van der Waals surface area contributed by atoms with E-state index < -0.39 is 0 Å². The van der Waals surface area contributed by atoms with Crippen molar-refractivity contribution in [3.63, 3.8) is 0 Å². The molecule has 0 aliphatic heterocycles. The zero-order valence-corrected chi connectivity index (χ0v) is 9.61. The third-order valence-electron chi connectivity index (χ3n) is 2.25. The van der Waals surface area contributed by atoms with Gasteiger partial charge in [-0.1, -0.05) is 6.92 Å². The second-order valence-corrected chi connectivity index (χ2v) is 5.16. The normalized spacial score (nSPS) is 25.7. The Balaban J connectivity index is 2.01. The predicted molar refractivity (Wildman–Crippen MR) is 57.1 cm³/mol. The second-order valence-electron chi connectivity index (χ2n) is 3.39. The fraction of sp³-hybridized carbons (Fsp3) is 0.444. The summed E-state index contributed by atoms with van der Waals surface area (Å²) < 4.78 is 0.892. The van der Waals surface area contributed by atoms with Crippen molar-refractivity contribution >= 4 is 33.2 Å². The Morgan fingerprint density at radius 1 is 1.77 bits per heavy atom. The van der Waals surface area contributed by atoms with Crippen LogP contribution >= 0.6 is 27.3 Å². The van der Waals surface area contributed by atoms with Crippen LogP contribution in [0.1, 0.15) is 23.0 Å². The second kappa shape index (κ2) is 3.42. The molecule has 2 unspecified atom stereocenters. The van der Waals surface area contributed by atoms with Gasteiger partial charge in [-0.2, -0.15) is 0 Å². The molecule has 13 heavy (non-hydrogen) atoms. The quantitative estimate of drug-likeness (QED) is 0.870. The number of hydrogen-bond acceptors (Lipinski definition) is 2. The maximum Gasteiger partial charge on any atom is 0.262 e. The van der Waals surface area contributed by atoms with Crippen molar-refractivity contribution in [3.05, 3.63) is 20.8 Å². The van der Waals surface area contributed by atoms with Crippen molar-refractivity contribution in [2.45, 2.75) is 19.4 Å². The molecule has 1 aromatic heterocycles. The van der Waals surface area contributed by atoms with Gasteiger partial charge in [-0.3, -0.25) is 4.79 Å². The number of carbonyl (C=O) groups excluding carboxylic acids is 1. The number of rotatable bonds is 2. The molecule has 0 aromatic carbocycles. The number of carbonyl (C=O) groups is 1. The van der Waals surface area contributed by atoms with Crippen molar-refractivity contribution in [1.82, 2.24) is 5.32 Å². The summed E-state index contributed by atoms with van der Waals surface area (Å²) in [6.07, 6.45) is 1.12. The summed E-state index contributed by atoms with van der Waals surface area (Å²) in [6.45, 7) is 2.15. The first kappa shape index (κ1) is 9.21. The molecule has 0 spiro atoms. The highest BCUT2D eigenvalue weighted by Gasteiger charge is 2.34. The zero-order valence-electron chi connectivity index (χ0n) is 7.21. The molecule has 2 nitrogen and oxygen atoms in total. The van der Waals surface area contributed by atoms with Crippen molar-refractivity contribution in [3.8, 4) is 0 Å². The van der Waals surface area contributed by atoms with Crippen LogP contribution in [0.3, 0.4) is 0 Å². The predicted octanol–water partition coefficient (Wildman–Crippen LogP) is 2.65. The molecule has 1 fully saturated rings. The van der Waals surface area contributed by atoms with Crippen LogP contribution in [-0.2, 0) is 0 Å². The molecule has 1 aromatic rings. The molecule has 2 atom stereocenters. The van der Waals surface area contributed by atoms with Gasteiger partial charge in [0.1, 0.15) is 4.88 Å². The lowest BCUT2D eigenvalue weighted by Gasteiger charge is -2.01. The number of halogens is 1. The van der Waals surface area contributed by atoms with Crippen molar-refractivity contribution in [2.24, 2.45) is 5.92 Å². The largest absolute Gasteiger partial charge is 0.348 e. The Morgan fingerprint density at radius 2 is 2.46 bits per heavy atom. The molecule has 0 bridgehead atoms. The molecular formula is C9H10BrNOS. The van der Waals surface area contributed by atoms with Gasteiger partial charge in [0.25, 0.3) is 5.91 Å². The van der Waals surface area contributed by atoms with E-state index in [1.54, 1.807) is 0 Å². The average molecular weight is 260 g/mol. The molecule has 1 aliphatic carbocycles. The number of amides is 1. The molecule has 4 heteroatoms. The fourth-order valence-corrected chi connectivity index (χ4v) is 2.67. The van der Waals surface area contributed by atoms with Gasteiger partial charge < -0.3 is 5.32 Å². The van der Waals surface area contributed by atoms with E-state index >= 15 is 0 Å². The van der Waals surface area contributed by atoms with Gasteiger partial charge in [-0.05, 0) is 39.7 Å². The van der Waals surface area contributed by atoms with E-state index in [-0.39, 0.29) is 5.91 Å². The third-order valence-corrected chi connectivity index (χ3v) is 4.09. The van der Waals surface area contributed by atoms with E-state index in [0.29, 0.717) is 12.0 Å². The SMILES string of the molecule is CC1CC1NC(=O)c1sccc1Br. The molecule has 0 radical (unpaired) electrons. The third kappa shape index (κ3) is 1.94. The lowest BCUT2D eigenvalue weighted by atomic mass is 10.4. The Kier molecular flexibility index (Phi) is 2.43. The van der Waals surface area contributed by atoms with Crippen LogP contribution in [0.15, 0.2) is 15.9 Å². The van der Waals surface area contributed by atoms with Crippen LogP contribution in [0.25, 0.3) is 0 Å². The first-order chi connectivity index (χ1) is 6.18. The van der Waals surface area contributed by atoms with Gasteiger partial charge in [-0.25, -0.2) is 0 Å². The Bertz CT molecular complexity index is 336. The first-order valence-corrected chi connectivity index (χ1v) is 5.89. The monoisotopic (exact) mass is 259 g/mol. The summed E-state index contributed by atoms with van der Waals surface area (Å²) >= 11 is 4.81. The minimum absolute atomic E-state index is 0.0521. The van der Waals surface area contributed by atoms with E-state index in [9.17, 15) is 4.79 Å². The summed E-state index contributed by atoms with van der Waals surface area (Å²) in [4.78, 5) is 12.4. The average Bonchev–Trinajstić information content (AvgIpc) is 2.62. The summed E-state index contributed by atoms with van der Waals surface area (Å²) in [5.41, 5.74) is 0. The molecule has 0 saturated heterocycles. The zero-order chi connectivity index (χ0) is 9.42. The Labute approximate surface area is 89.5 Å². The van der Waals surface area contributed by atoms with E-state index in [2.05, 4.69) is 28.2 Å². The molecule has 1 heterocycles. The van der Waals surface area contributed by atoms with Crippen LogP contribution in [0.5, 0.6) is 0 Å². The summed E-state index contributed by atoms with van der Waals surface area (Å²) in [7, 11) is 0. The summed E-state index contributed by atoms with van der Waals surface area (Å²) in [5.74, 6) is 0.707. The molecular weight excluding hydrogens is 250 g/mol. The van der Waals surface area contributed by atoms with Crippen LogP contribution in [-0.4, -0.2) is 11.9 Å². The van der Waals surface area contributed by atoms with Crippen LogP contribution in [0.2, 0.25) is 0 Å². The van der Waals surface area contributed by atoms with Gasteiger partial charge in [-0.15, -0.1) is 11.3 Å². The van der Waals surface area contributed by atoms with E-state index in [1.165, 1.54) is 11.3 Å². The maximum absolute atomic E-state index is 11.6. The van der Waals surface area contributed by atoms with Crippen LogP contribution in [0.4, 0.5) is 0 Å². The number of thiophene rings is 1. The highest BCUT2D eigenvalue weighted by atomic mass is 79.9. The minimum Gasteiger partial charge on any atom is -0.348 e. The van der Waals surface area contributed by atoms with Gasteiger partial charge >= 0.3 is 0 Å². The van der Waals surface area contributed by atoms with Crippen LogP contribution < -0.4 is 5.32 Å². The van der Waals surface area contributed by atoms with Gasteiger partial charge in [0.05, 0.1) is 0 Å². The van der Waals surface area contributed by atoms with Crippen molar-refractivity contribution in [1.29, 1.82) is 0 Å². The van der Waals surface area contributed by atoms with Crippen molar-refractivity contribution in [2.75, 3.05) is 0 Å². The molecule has 1 aliphatic rings. The van der Waals surface area contributed by atoms with E-state index in [0.717, 1.165) is 15.8 Å². The van der Waals surface area contributed by atoms with Gasteiger partial charge in [0.15, 0.2) is 0 Å².